The first kappa shape index (κ1) is 14.5. The number of hydrogen-bond acceptors (Lipinski definition) is 2. The van der Waals surface area contributed by atoms with Crippen molar-refractivity contribution in [3.8, 4) is 0 Å². The highest BCUT2D eigenvalue weighted by Gasteiger charge is 2.30. The molecular weight excluding hydrogens is 212 g/mol. The molecule has 1 fully saturated rings. The fourth-order valence-electron chi connectivity index (χ4n) is 2.41. The van der Waals surface area contributed by atoms with Crippen LogP contribution in [0.1, 0.15) is 53.4 Å². The maximum absolute atomic E-state index is 11.6. The molecule has 2 N–H and O–H groups in total. The van der Waals surface area contributed by atoms with Gasteiger partial charge in [-0.25, -0.2) is 0 Å². The Hall–Kier alpha value is -0.570. The number of carbonyl (C=O) groups is 1. The van der Waals surface area contributed by atoms with E-state index in [-0.39, 0.29) is 5.91 Å². The van der Waals surface area contributed by atoms with Crippen LogP contribution in [0.3, 0.4) is 0 Å². The highest BCUT2D eigenvalue weighted by molar-refractivity contribution is 5.77. The molecule has 0 saturated heterocycles. The van der Waals surface area contributed by atoms with Crippen molar-refractivity contribution < 1.29 is 4.79 Å². The normalized spacial score (nSPS) is 23.0. The lowest BCUT2D eigenvalue weighted by Gasteiger charge is -2.17. The number of carbonyl (C=O) groups excluding carboxylic acids is 1. The first-order chi connectivity index (χ1) is 7.89. The van der Waals surface area contributed by atoms with Crippen LogP contribution in [0.4, 0.5) is 0 Å². The molecule has 100 valence electrons. The molecule has 0 radical (unpaired) electrons. The Kier molecular flexibility index (Phi) is 5.44. The average Bonchev–Trinajstić information content (AvgIpc) is 2.55. The third-order valence-corrected chi connectivity index (χ3v) is 3.56. The summed E-state index contributed by atoms with van der Waals surface area (Å²) in [5, 5.41) is 6.32. The van der Waals surface area contributed by atoms with Gasteiger partial charge in [0.25, 0.3) is 0 Å². The van der Waals surface area contributed by atoms with Gasteiger partial charge in [-0.15, -0.1) is 0 Å². The van der Waals surface area contributed by atoms with Crippen molar-refractivity contribution in [2.24, 2.45) is 11.3 Å². The second-order valence-corrected chi connectivity index (χ2v) is 6.52. The quantitative estimate of drug-likeness (QED) is 0.748. The Bertz CT molecular complexity index is 249. The predicted molar refractivity (Wildman–Crippen MR) is 71.9 cm³/mol. The number of nitrogens with one attached hydrogen (secondary N) is 2. The zero-order chi connectivity index (χ0) is 12.9. The molecule has 1 unspecified atom stereocenters. The van der Waals surface area contributed by atoms with E-state index in [9.17, 15) is 4.79 Å². The van der Waals surface area contributed by atoms with Crippen LogP contribution in [0.25, 0.3) is 0 Å². The van der Waals surface area contributed by atoms with Gasteiger partial charge in [0, 0.05) is 12.6 Å². The summed E-state index contributed by atoms with van der Waals surface area (Å²) in [6, 6.07) is 0.529. The zero-order valence-electron chi connectivity index (χ0n) is 11.8. The number of amides is 1. The van der Waals surface area contributed by atoms with Gasteiger partial charge in [-0.3, -0.25) is 4.79 Å². The molecular formula is C14H28N2O. The molecule has 0 heterocycles. The molecule has 1 amide bonds. The molecule has 0 aromatic carbocycles. The Morgan fingerprint density at radius 1 is 1.41 bits per heavy atom. The standard InChI is InChI=1S/C14H28N2O/c1-11(2)6-8-15-13(17)10-16-12-5-7-14(3,4)9-12/h11-12,16H,5-10H2,1-4H3,(H,15,17). The minimum Gasteiger partial charge on any atom is -0.355 e. The predicted octanol–water partition coefficient (Wildman–Crippen LogP) is 2.32. The van der Waals surface area contributed by atoms with Crippen LogP contribution in [0.2, 0.25) is 0 Å². The van der Waals surface area contributed by atoms with Gasteiger partial charge in [0.15, 0.2) is 0 Å². The van der Waals surface area contributed by atoms with Crippen LogP contribution in [0.15, 0.2) is 0 Å². The van der Waals surface area contributed by atoms with Crippen LogP contribution in [0, 0.1) is 11.3 Å². The van der Waals surface area contributed by atoms with Crippen molar-refractivity contribution in [1.82, 2.24) is 10.6 Å². The van der Waals surface area contributed by atoms with Crippen LogP contribution >= 0.6 is 0 Å². The van der Waals surface area contributed by atoms with E-state index in [0.29, 0.717) is 23.9 Å². The summed E-state index contributed by atoms with van der Waals surface area (Å²) in [7, 11) is 0. The molecule has 3 heteroatoms. The molecule has 0 spiro atoms. The lowest BCUT2D eigenvalue weighted by atomic mass is 9.92. The van der Waals surface area contributed by atoms with E-state index < -0.39 is 0 Å². The monoisotopic (exact) mass is 240 g/mol. The summed E-state index contributed by atoms with van der Waals surface area (Å²) in [5.74, 6) is 0.786. The summed E-state index contributed by atoms with van der Waals surface area (Å²) in [5.41, 5.74) is 0.450. The topological polar surface area (TPSA) is 41.1 Å². The molecule has 17 heavy (non-hydrogen) atoms. The summed E-state index contributed by atoms with van der Waals surface area (Å²) in [4.78, 5) is 11.6. The maximum Gasteiger partial charge on any atom is 0.233 e. The van der Waals surface area contributed by atoms with Crippen LogP contribution < -0.4 is 10.6 Å². The largest absolute Gasteiger partial charge is 0.355 e. The molecule has 1 aliphatic carbocycles. The SMILES string of the molecule is CC(C)CCNC(=O)CNC1CCC(C)(C)C1. The van der Waals surface area contributed by atoms with Gasteiger partial charge in [0.1, 0.15) is 0 Å². The van der Waals surface area contributed by atoms with Gasteiger partial charge in [0.2, 0.25) is 5.91 Å². The van der Waals surface area contributed by atoms with Crippen molar-refractivity contribution in [3.05, 3.63) is 0 Å². The van der Waals surface area contributed by atoms with E-state index in [1.54, 1.807) is 0 Å². The lowest BCUT2D eigenvalue weighted by molar-refractivity contribution is -0.120. The van der Waals surface area contributed by atoms with E-state index in [1.165, 1.54) is 19.3 Å². The van der Waals surface area contributed by atoms with Crippen LogP contribution in [-0.2, 0) is 4.79 Å². The van der Waals surface area contributed by atoms with Gasteiger partial charge in [-0.1, -0.05) is 27.7 Å². The first-order valence-electron chi connectivity index (χ1n) is 6.89. The van der Waals surface area contributed by atoms with Gasteiger partial charge in [0.05, 0.1) is 6.54 Å². The molecule has 1 atom stereocenters. The van der Waals surface area contributed by atoms with Crippen molar-refractivity contribution in [1.29, 1.82) is 0 Å². The summed E-state index contributed by atoms with van der Waals surface area (Å²) >= 11 is 0. The molecule has 0 aromatic heterocycles. The second-order valence-electron chi connectivity index (χ2n) is 6.52. The van der Waals surface area contributed by atoms with Crippen LogP contribution in [-0.4, -0.2) is 25.0 Å². The van der Waals surface area contributed by atoms with Gasteiger partial charge in [-0.2, -0.15) is 0 Å². The van der Waals surface area contributed by atoms with Crippen LogP contribution in [0.5, 0.6) is 0 Å². The van der Waals surface area contributed by atoms with Crippen molar-refractivity contribution in [2.75, 3.05) is 13.1 Å². The molecule has 0 aliphatic heterocycles. The smallest absolute Gasteiger partial charge is 0.233 e. The fourth-order valence-corrected chi connectivity index (χ4v) is 2.41. The first-order valence-corrected chi connectivity index (χ1v) is 6.89. The number of hydrogen-bond donors (Lipinski definition) is 2. The molecule has 1 saturated carbocycles. The van der Waals surface area contributed by atoms with Gasteiger partial charge in [-0.05, 0) is 37.0 Å². The minimum absolute atomic E-state index is 0.135. The lowest BCUT2D eigenvalue weighted by Crippen LogP contribution is -2.39. The van der Waals surface area contributed by atoms with Gasteiger partial charge < -0.3 is 10.6 Å². The minimum atomic E-state index is 0.135. The van der Waals surface area contributed by atoms with E-state index in [1.807, 2.05) is 0 Å². The molecule has 1 aliphatic rings. The molecule has 3 nitrogen and oxygen atoms in total. The van der Waals surface area contributed by atoms with E-state index in [2.05, 4.69) is 38.3 Å². The summed E-state index contributed by atoms with van der Waals surface area (Å²) in [6.07, 6.45) is 4.71. The Morgan fingerprint density at radius 3 is 2.65 bits per heavy atom. The van der Waals surface area contributed by atoms with Crippen molar-refractivity contribution >= 4 is 5.91 Å². The third kappa shape index (κ3) is 6.06. The highest BCUT2D eigenvalue weighted by atomic mass is 16.1. The van der Waals surface area contributed by atoms with Crippen molar-refractivity contribution in [2.45, 2.75) is 59.4 Å². The van der Waals surface area contributed by atoms with E-state index in [0.717, 1.165) is 13.0 Å². The summed E-state index contributed by atoms with van der Waals surface area (Å²) < 4.78 is 0. The Morgan fingerprint density at radius 2 is 2.12 bits per heavy atom. The fraction of sp³-hybridized carbons (Fsp3) is 0.929. The van der Waals surface area contributed by atoms with E-state index in [4.69, 9.17) is 0 Å². The van der Waals surface area contributed by atoms with E-state index >= 15 is 0 Å². The van der Waals surface area contributed by atoms with Gasteiger partial charge >= 0.3 is 0 Å². The molecule has 0 aromatic rings. The highest BCUT2D eigenvalue weighted by Crippen LogP contribution is 2.36. The molecule has 1 rings (SSSR count). The average molecular weight is 240 g/mol. The van der Waals surface area contributed by atoms with Crippen molar-refractivity contribution in [3.63, 3.8) is 0 Å². The Labute approximate surface area is 106 Å². The molecule has 0 bridgehead atoms. The second kappa shape index (κ2) is 6.39. The Balaban J connectivity index is 2.08. The summed E-state index contributed by atoms with van der Waals surface area (Å²) in [6.45, 7) is 10.2. The maximum atomic E-state index is 11.6. The third-order valence-electron chi connectivity index (χ3n) is 3.56. The zero-order valence-corrected chi connectivity index (χ0v) is 11.8. The number of rotatable bonds is 6.